The summed E-state index contributed by atoms with van der Waals surface area (Å²) in [4.78, 5) is 0. The maximum absolute atomic E-state index is 11.4. The lowest BCUT2D eigenvalue weighted by molar-refractivity contribution is -0.166. The molecule has 4 aliphatic rings. The first-order chi connectivity index (χ1) is 15.8. The Labute approximate surface area is 207 Å². The highest BCUT2D eigenvalue weighted by atomic mass is 32.3. The molecule has 4 aliphatic carbocycles. The second-order valence-electron chi connectivity index (χ2n) is 13.4. The molecular formula is C27H49NO5S. The van der Waals surface area contributed by atoms with Gasteiger partial charge < -0.3 is 10.8 Å². The molecule has 0 saturated heterocycles. The van der Waals surface area contributed by atoms with Crippen LogP contribution in [-0.4, -0.2) is 36.3 Å². The number of nitrogens with two attached hydrogens (primary N) is 1. The van der Waals surface area contributed by atoms with E-state index in [0.717, 1.165) is 25.7 Å². The minimum Gasteiger partial charge on any atom is -0.393 e. The average molecular weight is 500 g/mol. The van der Waals surface area contributed by atoms with E-state index >= 15 is 0 Å². The van der Waals surface area contributed by atoms with Gasteiger partial charge in [0.25, 0.3) is 0 Å². The van der Waals surface area contributed by atoms with E-state index in [9.17, 15) is 18.1 Å². The first-order valence-electron chi connectivity index (χ1n) is 13.9. The maximum Gasteiger partial charge on any atom is 0.397 e. The normalized spacial score (nSPS) is 46.4. The lowest BCUT2D eigenvalue weighted by atomic mass is 9.43. The summed E-state index contributed by atoms with van der Waals surface area (Å²) in [6.45, 7) is 11.2. The first-order valence-corrected chi connectivity index (χ1v) is 15.2. The van der Waals surface area contributed by atoms with Crippen LogP contribution >= 0.6 is 0 Å². The van der Waals surface area contributed by atoms with Gasteiger partial charge in [-0.25, -0.2) is 4.18 Å². The maximum atomic E-state index is 11.4. The molecule has 4 fully saturated rings. The van der Waals surface area contributed by atoms with Gasteiger partial charge >= 0.3 is 10.4 Å². The van der Waals surface area contributed by atoms with Gasteiger partial charge in [0.15, 0.2) is 0 Å². The van der Waals surface area contributed by atoms with Crippen LogP contribution < -0.4 is 5.73 Å². The van der Waals surface area contributed by atoms with Crippen molar-refractivity contribution in [2.45, 2.75) is 117 Å². The molecule has 6 nitrogen and oxygen atoms in total. The van der Waals surface area contributed by atoms with Crippen LogP contribution in [0.5, 0.6) is 0 Å². The van der Waals surface area contributed by atoms with E-state index in [0.29, 0.717) is 53.4 Å². The zero-order valence-electron chi connectivity index (χ0n) is 21.9. The van der Waals surface area contributed by atoms with Gasteiger partial charge in [-0.15, -0.1) is 0 Å². The smallest absolute Gasteiger partial charge is 0.393 e. The molecule has 0 amide bonds. The highest BCUT2D eigenvalue weighted by Crippen LogP contribution is 2.68. The van der Waals surface area contributed by atoms with Crippen molar-refractivity contribution in [3.63, 3.8) is 0 Å². The van der Waals surface area contributed by atoms with E-state index in [2.05, 4.69) is 20.8 Å². The quantitative estimate of drug-likeness (QED) is 0.415. The number of fused-ring (bicyclic) bond motifs is 5. The highest BCUT2D eigenvalue weighted by Gasteiger charge is 2.62. The van der Waals surface area contributed by atoms with Gasteiger partial charge in [-0.3, -0.25) is 4.55 Å². The molecule has 0 aromatic rings. The van der Waals surface area contributed by atoms with E-state index in [1.165, 1.54) is 32.1 Å². The van der Waals surface area contributed by atoms with Crippen molar-refractivity contribution in [3.8, 4) is 0 Å². The molecule has 0 spiro atoms. The van der Waals surface area contributed by atoms with Crippen molar-refractivity contribution in [1.29, 1.82) is 0 Å². The molecule has 0 radical (unpaired) electrons. The molecule has 4 rings (SSSR count). The summed E-state index contributed by atoms with van der Waals surface area (Å²) in [5.74, 6) is 3.18. The van der Waals surface area contributed by atoms with Crippen LogP contribution in [0.4, 0.5) is 0 Å². The average Bonchev–Trinajstić information content (AvgIpc) is 3.08. The van der Waals surface area contributed by atoms with E-state index < -0.39 is 16.5 Å². The summed E-state index contributed by atoms with van der Waals surface area (Å²) in [5.41, 5.74) is 6.89. The third-order valence-corrected chi connectivity index (χ3v) is 11.9. The van der Waals surface area contributed by atoms with Crippen LogP contribution in [0.25, 0.3) is 0 Å². The topological polar surface area (TPSA) is 110 Å². The molecule has 7 heteroatoms. The number of aliphatic hydroxyl groups is 1. The molecule has 4 N–H and O–H groups in total. The van der Waals surface area contributed by atoms with Gasteiger partial charge in [0.1, 0.15) is 0 Å². The van der Waals surface area contributed by atoms with Crippen LogP contribution in [0.2, 0.25) is 0 Å². The Morgan fingerprint density at radius 3 is 2.26 bits per heavy atom. The molecule has 0 heterocycles. The predicted octanol–water partition coefficient (Wildman–Crippen LogP) is 5.20. The van der Waals surface area contributed by atoms with Crippen LogP contribution in [0.3, 0.4) is 0 Å². The minimum atomic E-state index is -4.44. The summed E-state index contributed by atoms with van der Waals surface area (Å²) >= 11 is 0. The zero-order valence-corrected chi connectivity index (χ0v) is 22.8. The summed E-state index contributed by atoms with van der Waals surface area (Å²) < 4.78 is 36.8. The fourth-order valence-corrected chi connectivity index (χ4v) is 10.1. The van der Waals surface area contributed by atoms with Crippen molar-refractivity contribution in [2.24, 2.45) is 58.0 Å². The molecule has 6 unspecified atom stereocenters. The number of hydrogen-bond donors (Lipinski definition) is 3. The predicted molar refractivity (Wildman–Crippen MR) is 134 cm³/mol. The molecule has 0 aromatic heterocycles. The van der Waals surface area contributed by atoms with Crippen LogP contribution in [0.15, 0.2) is 0 Å². The Bertz CT molecular complexity index is 833. The summed E-state index contributed by atoms with van der Waals surface area (Å²) in [6.07, 6.45) is 9.95. The highest BCUT2D eigenvalue weighted by molar-refractivity contribution is 7.80. The molecule has 34 heavy (non-hydrogen) atoms. The van der Waals surface area contributed by atoms with E-state index in [-0.39, 0.29) is 17.4 Å². The molecule has 11 atom stereocenters. The number of aliphatic hydroxyl groups excluding tert-OH is 1. The Morgan fingerprint density at radius 2 is 1.62 bits per heavy atom. The van der Waals surface area contributed by atoms with E-state index in [1.807, 2.05) is 13.8 Å². The molecular weight excluding hydrogens is 450 g/mol. The molecule has 0 aromatic carbocycles. The van der Waals surface area contributed by atoms with E-state index in [4.69, 9.17) is 9.92 Å². The fraction of sp³-hybridized carbons (Fsp3) is 1.00. The Balaban J connectivity index is 1.47. The van der Waals surface area contributed by atoms with Gasteiger partial charge in [0.05, 0.1) is 12.2 Å². The zero-order chi connectivity index (χ0) is 25.1. The monoisotopic (exact) mass is 499 g/mol. The first kappa shape index (κ1) is 26.8. The van der Waals surface area contributed by atoms with E-state index in [1.54, 1.807) is 0 Å². The van der Waals surface area contributed by atoms with Gasteiger partial charge in [-0.05, 0) is 116 Å². The summed E-state index contributed by atoms with van der Waals surface area (Å²) in [7, 11) is -4.44. The second-order valence-corrected chi connectivity index (χ2v) is 14.5. The van der Waals surface area contributed by atoms with Crippen molar-refractivity contribution < 1.29 is 22.3 Å². The molecule has 198 valence electrons. The Kier molecular flexibility index (Phi) is 7.57. The second kappa shape index (κ2) is 9.59. The fourth-order valence-electron chi connectivity index (χ4n) is 9.51. The summed E-state index contributed by atoms with van der Waals surface area (Å²) in [5, 5.41) is 11.4. The number of hydrogen-bond acceptors (Lipinski definition) is 5. The van der Waals surface area contributed by atoms with Crippen molar-refractivity contribution in [1.82, 2.24) is 0 Å². The largest absolute Gasteiger partial charge is 0.397 e. The van der Waals surface area contributed by atoms with Crippen LogP contribution in [0.1, 0.15) is 98.8 Å². The van der Waals surface area contributed by atoms with Crippen molar-refractivity contribution in [3.05, 3.63) is 0 Å². The van der Waals surface area contributed by atoms with Gasteiger partial charge in [0.2, 0.25) is 0 Å². The minimum absolute atomic E-state index is 0.0196. The van der Waals surface area contributed by atoms with Gasteiger partial charge in [-0.2, -0.15) is 8.42 Å². The SMILES string of the molecule is CC(C)C(CC[C@@H](C)C1CCC2C3C(CC[C@@]21C)[C@@]1(C)CC[C@H](N)CC1C[C@H]3O)OS(=O)(=O)O. The lowest BCUT2D eigenvalue weighted by Crippen LogP contribution is -2.59. The number of rotatable bonds is 7. The third-order valence-electron chi connectivity index (χ3n) is 11.4. The summed E-state index contributed by atoms with van der Waals surface area (Å²) in [6, 6.07) is 0.298. The van der Waals surface area contributed by atoms with Crippen LogP contribution in [0, 0.1) is 52.3 Å². The standard InChI is InChI=1S/C27H49NO5S/c1-16(2)24(33-34(30,31)32)9-6-17(3)20-7-8-21-25-22(11-13-27(20,21)5)26(4)12-10-19(28)14-18(26)15-23(25)29/h16-25,29H,6-15,28H2,1-5H3,(H,30,31,32)/t17-,18?,19+,20?,21?,22?,23-,24?,25?,26+,27-/m1/s1. The molecule has 0 aliphatic heterocycles. The molecule has 4 saturated carbocycles. The lowest BCUT2D eigenvalue weighted by Gasteiger charge is -2.62. The van der Waals surface area contributed by atoms with Crippen LogP contribution in [-0.2, 0) is 14.6 Å². The van der Waals surface area contributed by atoms with Gasteiger partial charge in [0, 0.05) is 6.04 Å². The Hall–Kier alpha value is -0.210. The van der Waals surface area contributed by atoms with Gasteiger partial charge in [-0.1, -0.05) is 34.6 Å². The third kappa shape index (κ3) is 4.85. The van der Waals surface area contributed by atoms with Crippen molar-refractivity contribution >= 4 is 10.4 Å². The molecule has 0 bridgehead atoms. The Morgan fingerprint density at radius 1 is 0.971 bits per heavy atom. The van der Waals surface area contributed by atoms with Crippen molar-refractivity contribution in [2.75, 3.05) is 0 Å².